The minimum atomic E-state index is 0.130. The van der Waals surface area contributed by atoms with Gasteiger partial charge in [0, 0.05) is 6.42 Å². The summed E-state index contributed by atoms with van der Waals surface area (Å²) < 4.78 is 0. The SMILES string of the molecule is Cc1ccccc1CCC1=N[C@@H](c2ccccc2)[C@@H](c2ccccc2)N1. The van der Waals surface area contributed by atoms with Crippen LogP contribution < -0.4 is 5.32 Å². The maximum Gasteiger partial charge on any atom is 0.101 e. The zero-order valence-electron chi connectivity index (χ0n) is 15.1. The average molecular weight is 340 g/mol. The van der Waals surface area contributed by atoms with Gasteiger partial charge in [0.1, 0.15) is 6.04 Å². The summed E-state index contributed by atoms with van der Waals surface area (Å²) in [5.41, 5.74) is 5.30. The van der Waals surface area contributed by atoms with Gasteiger partial charge in [-0.25, -0.2) is 0 Å². The monoisotopic (exact) mass is 340 g/mol. The Morgan fingerprint density at radius 2 is 1.35 bits per heavy atom. The highest BCUT2D eigenvalue weighted by molar-refractivity contribution is 5.85. The number of rotatable bonds is 5. The van der Waals surface area contributed by atoms with Crippen LogP contribution in [0.15, 0.2) is 89.9 Å². The van der Waals surface area contributed by atoms with E-state index >= 15 is 0 Å². The van der Waals surface area contributed by atoms with E-state index in [2.05, 4.69) is 97.2 Å². The van der Waals surface area contributed by atoms with Crippen molar-refractivity contribution in [2.75, 3.05) is 0 Å². The normalized spacial score (nSPS) is 19.0. The Labute approximate surface area is 155 Å². The minimum absolute atomic E-state index is 0.130. The number of hydrogen-bond acceptors (Lipinski definition) is 2. The first-order valence-corrected chi connectivity index (χ1v) is 9.29. The standard InChI is InChI=1S/C24H24N2/c1-18-10-8-9-11-19(18)16-17-22-25-23(20-12-4-2-5-13-20)24(26-22)21-14-6-3-7-15-21/h2-15,23-24H,16-17H2,1H3,(H,25,26)/t23-,24+. The Bertz CT molecular complexity index is 884. The predicted molar refractivity (Wildman–Crippen MR) is 108 cm³/mol. The first-order chi connectivity index (χ1) is 12.8. The second kappa shape index (κ2) is 7.57. The van der Waals surface area contributed by atoms with E-state index in [9.17, 15) is 0 Å². The molecule has 4 rings (SSSR count). The highest BCUT2D eigenvalue weighted by atomic mass is 15.1. The van der Waals surface area contributed by atoms with Crippen molar-refractivity contribution >= 4 is 5.84 Å². The largest absolute Gasteiger partial charge is 0.364 e. The highest BCUT2D eigenvalue weighted by Crippen LogP contribution is 2.36. The Hall–Kier alpha value is -2.87. The number of hydrogen-bond donors (Lipinski definition) is 1. The van der Waals surface area contributed by atoms with Gasteiger partial charge in [-0.15, -0.1) is 0 Å². The van der Waals surface area contributed by atoms with Crippen molar-refractivity contribution in [2.45, 2.75) is 31.8 Å². The molecule has 0 aromatic heterocycles. The van der Waals surface area contributed by atoms with Gasteiger partial charge in [-0.2, -0.15) is 0 Å². The molecule has 26 heavy (non-hydrogen) atoms. The smallest absolute Gasteiger partial charge is 0.101 e. The Morgan fingerprint density at radius 3 is 2.04 bits per heavy atom. The van der Waals surface area contributed by atoms with E-state index in [1.54, 1.807) is 0 Å². The van der Waals surface area contributed by atoms with Crippen molar-refractivity contribution in [1.82, 2.24) is 5.32 Å². The molecule has 0 saturated carbocycles. The molecule has 2 heteroatoms. The number of benzene rings is 3. The second-order valence-electron chi connectivity index (χ2n) is 6.89. The first kappa shape index (κ1) is 16.6. The van der Waals surface area contributed by atoms with Crippen molar-refractivity contribution in [1.29, 1.82) is 0 Å². The third-order valence-corrected chi connectivity index (χ3v) is 5.12. The van der Waals surface area contributed by atoms with Gasteiger partial charge in [0.15, 0.2) is 0 Å². The van der Waals surface area contributed by atoms with Gasteiger partial charge in [-0.05, 0) is 35.6 Å². The first-order valence-electron chi connectivity index (χ1n) is 9.29. The van der Waals surface area contributed by atoms with E-state index < -0.39 is 0 Å². The number of aryl methyl sites for hydroxylation is 2. The predicted octanol–water partition coefficient (Wildman–Crippen LogP) is 5.41. The molecule has 0 aliphatic carbocycles. The fraction of sp³-hybridized carbons (Fsp3) is 0.208. The van der Waals surface area contributed by atoms with Gasteiger partial charge in [0.05, 0.1) is 11.9 Å². The molecule has 2 atom stereocenters. The van der Waals surface area contributed by atoms with Gasteiger partial charge in [0.2, 0.25) is 0 Å². The molecule has 0 radical (unpaired) electrons. The molecular formula is C24H24N2. The zero-order valence-corrected chi connectivity index (χ0v) is 15.1. The number of nitrogens with zero attached hydrogens (tertiary/aromatic N) is 1. The molecule has 130 valence electrons. The van der Waals surface area contributed by atoms with E-state index in [0.717, 1.165) is 18.7 Å². The maximum atomic E-state index is 5.07. The molecule has 0 bridgehead atoms. The van der Waals surface area contributed by atoms with Crippen LogP contribution in [0.5, 0.6) is 0 Å². The van der Waals surface area contributed by atoms with Crippen LogP contribution in [0.4, 0.5) is 0 Å². The quantitative estimate of drug-likeness (QED) is 0.659. The Kier molecular flexibility index (Phi) is 4.83. The van der Waals surface area contributed by atoms with E-state index in [4.69, 9.17) is 4.99 Å². The van der Waals surface area contributed by atoms with Crippen LogP contribution in [0, 0.1) is 6.92 Å². The minimum Gasteiger partial charge on any atom is -0.364 e. The van der Waals surface area contributed by atoms with E-state index in [-0.39, 0.29) is 12.1 Å². The Morgan fingerprint density at radius 1 is 0.731 bits per heavy atom. The van der Waals surface area contributed by atoms with Crippen molar-refractivity contribution in [2.24, 2.45) is 4.99 Å². The molecule has 0 saturated heterocycles. The lowest BCUT2D eigenvalue weighted by molar-refractivity contribution is 0.571. The van der Waals surface area contributed by atoms with Gasteiger partial charge < -0.3 is 5.32 Å². The van der Waals surface area contributed by atoms with Crippen molar-refractivity contribution in [3.05, 3.63) is 107 Å². The van der Waals surface area contributed by atoms with Crippen molar-refractivity contribution < 1.29 is 0 Å². The molecule has 1 aliphatic heterocycles. The summed E-state index contributed by atoms with van der Waals surface area (Å²) in [6, 6.07) is 30.2. The fourth-order valence-corrected chi connectivity index (χ4v) is 3.66. The average Bonchev–Trinajstić information content (AvgIpc) is 3.13. The molecule has 0 spiro atoms. The fourth-order valence-electron chi connectivity index (χ4n) is 3.66. The molecule has 1 aliphatic rings. The van der Waals surface area contributed by atoms with Crippen LogP contribution in [0.25, 0.3) is 0 Å². The molecule has 0 amide bonds. The molecule has 3 aromatic rings. The maximum absolute atomic E-state index is 5.07. The third-order valence-electron chi connectivity index (χ3n) is 5.12. The lowest BCUT2D eigenvalue weighted by Crippen LogP contribution is -2.24. The van der Waals surface area contributed by atoms with Crippen molar-refractivity contribution in [3.63, 3.8) is 0 Å². The van der Waals surface area contributed by atoms with Crippen LogP contribution in [0.3, 0.4) is 0 Å². The summed E-state index contributed by atoms with van der Waals surface area (Å²) >= 11 is 0. The summed E-state index contributed by atoms with van der Waals surface area (Å²) in [6.45, 7) is 2.18. The molecule has 1 heterocycles. The van der Waals surface area contributed by atoms with Gasteiger partial charge >= 0.3 is 0 Å². The van der Waals surface area contributed by atoms with E-state index in [0.29, 0.717) is 0 Å². The molecule has 0 fully saturated rings. The second-order valence-corrected chi connectivity index (χ2v) is 6.89. The van der Waals surface area contributed by atoms with E-state index in [1.165, 1.54) is 22.3 Å². The van der Waals surface area contributed by atoms with Gasteiger partial charge in [-0.3, -0.25) is 4.99 Å². The van der Waals surface area contributed by atoms with Crippen LogP contribution in [-0.4, -0.2) is 5.84 Å². The molecule has 2 nitrogen and oxygen atoms in total. The highest BCUT2D eigenvalue weighted by Gasteiger charge is 2.30. The summed E-state index contributed by atoms with van der Waals surface area (Å²) in [7, 11) is 0. The van der Waals surface area contributed by atoms with Crippen LogP contribution in [0.2, 0.25) is 0 Å². The summed E-state index contributed by atoms with van der Waals surface area (Å²) in [4.78, 5) is 5.07. The number of aliphatic imine (C=N–C) groups is 1. The number of nitrogens with one attached hydrogen (secondary N) is 1. The molecule has 0 unspecified atom stereocenters. The van der Waals surface area contributed by atoms with Crippen LogP contribution >= 0.6 is 0 Å². The van der Waals surface area contributed by atoms with Gasteiger partial charge in [0.25, 0.3) is 0 Å². The lowest BCUT2D eigenvalue weighted by atomic mass is 9.95. The van der Waals surface area contributed by atoms with Crippen LogP contribution in [-0.2, 0) is 6.42 Å². The van der Waals surface area contributed by atoms with Crippen LogP contribution in [0.1, 0.15) is 40.8 Å². The summed E-state index contributed by atoms with van der Waals surface area (Å²) in [5.74, 6) is 1.11. The molecule has 1 N–H and O–H groups in total. The Balaban J connectivity index is 1.57. The number of amidine groups is 1. The van der Waals surface area contributed by atoms with Crippen molar-refractivity contribution in [3.8, 4) is 0 Å². The third kappa shape index (κ3) is 3.55. The summed E-state index contributed by atoms with van der Waals surface area (Å²) in [5, 5.41) is 3.70. The lowest BCUT2D eigenvalue weighted by Gasteiger charge is -2.19. The van der Waals surface area contributed by atoms with E-state index in [1.807, 2.05) is 0 Å². The summed E-state index contributed by atoms with van der Waals surface area (Å²) in [6.07, 6.45) is 1.96. The molecular weight excluding hydrogens is 316 g/mol. The molecule has 3 aromatic carbocycles. The topological polar surface area (TPSA) is 24.4 Å². The zero-order chi connectivity index (χ0) is 17.8. The van der Waals surface area contributed by atoms with Gasteiger partial charge in [-0.1, -0.05) is 84.9 Å².